The first-order valence-electron chi connectivity index (χ1n) is 9.01. The summed E-state index contributed by atoms with van der Waals surface area (Å²) in [6.07, 6.45) is 0.916. The van der Waals surface area contributed by atoms with Crippen LogP contribution in [0.4, 0.5) is 11.4 Å². The fraction of sp³-hybridized carbons (Fsp3) is 0.455. The standard InChI is InChI=1S/C22H32N2/c1-13(2)18-10-16(7-8-21(18)23)9-17-11-19(14(3)4)22(24)20(12-17)15(5)6/h7-8,10-15H,9,23-24H2,1-6H3. The summed E-state index contributed by atoms with van der Waals surface area (Å²) in [6, 6.07) is 11.0. The normalized spacial score (nSPS) is 11.7. The molecule has 0 heterocycles. The Morgan fingerprint density at radius 1 is 0.667 bits per heavy atom. The Morgan fingerprint density at radius 2 is 1.12 bits per heavy atom. The van der Waals surface area contributed by atoms with Crippen LogP contribution in [-0.2, 0) is 6.42 Å². The van der Waals surface area contributed by atoms with E-state index in [1.165, 1.54) is 27.8 Å². The summed E-state index contributed by atoms with van der Waals surface area (Å²) in [6.45, 7) is 13.2. The Balaban J connectivity index is 2.44. The van der Waals surface area contributed by atoms with Gasteiger partial charge < -0.3 is 11.5 Å². The van der Waals surface area contributed by atoms with Crippen LogP contribution in [0.2, 0.25) is 0 Å². The Morgan fingerprint density at radius 3 is 1.58 bits per heavy atom. The van der Waals surface area contributed by atoms with E-state index in [0.717, 1.165) is 17.8 Å². The maximum absolute atomic E-state index is 6.41. The number of nitrogen functional groups attached to an aromatic ring is 2. The molecule has 0 aliphatic heterocycles. The van der Waals surface area contributed by atoms with Crippen LogP contribution in [0.1, 0.15) is 87.1 Å². The second kappa shape index (κ2) is 7.29. The van der Waals surface area contributed by atoms with E-state index in [9.17, 15) is 0 Å². The number of hydrogen-bond acceptors (Lipinski definition) is 2. The summed E-state index contributed by atoms with van der Waals surface area (Å²) in [5.41, 5.74) is 20.8. The summed E-state index contributed by atoms with van der Waals surface area (Å²) >= 11 is 0. The van der Waals surface area contributed by atoms with Gasteiger partial charge in [-0.05, 0) is 58.1 Å². The molecule has 2 heteroatoms. The molecule has 0 amide bonds. The largest absolute Gasteiger partial charge is 0.398 e. The molecule has 2 nitrogen and oxygen atoms in total. The molecule has 0 saturated heterocycles. The van der Waals surface area contributed by atoms with Gasteiger partial charge in [-0.25, -0.2) is 0 Å². The maximum Gasteiger partial charge on any atom is 0.0384 e. The first kappa shape index (κ1) is 18.4. The molecule has 0 atom stereocenters. The minimum Gasteiger partial charge on any atom is -0.398 e. The quantitative estimate of drug-likeness (QED) is 0.682. The molecule has 24 heavy (non-hydrogen) atoms. The summed E-state index contributed by atoms with van der Waals surface area (Å²) < 4.78 is 0. The zero-order valence-electron chi connectivity index (χ0n) is 16.0. The third-order valence-electron chi connectivity index (χ3n) is 4.73. The fourth-order valence-corrected chi connectivity index (χ4v) is 3.29. The lowest BCUT2D eigenvalue weighted by Gasteiger charge is -2.19. The molecule has 2 rings (SSSR count). The molecular formula is C22H32N2. The Bertz CT molecular complexity index is 683. The number of rotatable bonds is 5. The zero-order chi connectivity index (χ0) is 18.0. The van der Waals surface area contributed by atoms with E-state index in [4.69, 9.17) is 11.5 Å². The van der Waals surface area contributed by atoms with Gasteiger partial charge >= 0.3 is 0 Å². The lowest BCUT2D eigenvalue weighted by Crippen LogP contribution is -2.05. The molecule has 0 saturated carbocycles. The van der Waals surface area contributed by atoms with E-state index in [1.54, 1.807) is 0 Å². The van der Waals surface area contributed by atoms with Crippen LogP contribution in [0.25, 0.3) is 0 Å². The summed E-state index contributed by atoms with van der Waals surface area (Å²) in [5, 5.41) is 0. The van der Waals surface area contributed by atoms with Crippen LogP contribution in [0.5, 0.6) is 0 Å². The van der Waals surface area contributed by atoms with Crippen molar-refractivity contribution in [2.45, 2.75) is 65.7 Å². The smallest absolute Gasteiger partial charge is 0.0384 e. The van der Waals surface area contributed by atoms with Gasteiger partial charge in [0.05, 0.1) is 0 Å². The minimum absolute atomic E-state index is 0.431. The van der Waals surface area contributed by atoms with Crippen LogP contribution in [-0.4, -0.2) is 0 Å². The van der Waals surface area contributed by atoms with Crippen LogP contribution < -0.4 is 11.5 Å². The second-order valence-corrected chi connectivity index (χ2v) is 7.79. The number of nitrogens with two attached hydrogens (primary N) is 2. The van der Waals surface area contributed by atoms with Crippen molar-refractivity contribution in [2.75, 3.05) is 11.5 Å². The summed E-state index contributed by atoms with van der Waals surface area (Å²) in [7, 11) is 0. The summed E-state index contributed by atoms with van der Waals surface area (Å²) in [5.74, 6) is 1.30. The Hall–Kier alpha value is -1.96. The molecule has 0 aromatic heterocycles. The van der Waals surface area contributed by atoms with Crippen molar-refractivity contribution in [1.82, 2.24) is 0 Å². The summed E-state index contributed by atoms with van der Waals surface area (Å²) in [4.78, 5) is 0. The van der Waals surface area contributed by atoms with Crippen LogP contribution in [0.3, 0.4) is 0 Å². The molecule has 0 bridgehead atoms. The third kappa shape index (κ3) is 3.92. The monoisotopic (exact) mass is 324 g/mol. The topological polar surface area (TPSA) is 52.0 Å². The highest BCUT2D eigenvalue weighted by Gasteiger charge is 2.14. The molecule has 4 N–H and O–H groups in total. The predicted octanol–water partition coefficient (Wildman–Crippen LogP) is 5.81. The molecule has 0 radical (unpaired) electrons. The van der Waals surface area contributed by atoms with Crippen molar-refractivity contribution in [1.29, 1.82) is 0 Å². The van der Waals surface area contributed by atoms with E-state index in [-0.39, 0.29) is 0 Å². The molecule has 0 aliphatic carbocycles. The van der Waals surface area contributed by atoms with Gasteiger partial charge in [0, 0.05) is 11.4 Å². The second-order valence-electron chi connectivity index (χ2n) is 7.79. The molecule has 0 aliphatic rings. The van der Waals surface area contributed by atoms with Gasteiger partial charge in [0.25, 0.3) is 0 Å². The molecule has 2 aromatic carbocycles. The number of anilines is 2. The van der Waals surface area contributed by atoms with E-state index < -0.39 is 0 Å². The van der Waals surface area contributed by atoms with Gasteiger partial charge in [-0.3, -0.25) is 0 Å². The number of benzene rings is 2. The average molecular weight is 325 g/mol. The molecule has 0 fully saturated rings. The van der Waals surface area contributed by atoms with E-state index >= 15 is 0 Å². The van der Waals surface area contributed by atoms with Crippen LogP contribution >= 0.6 is 0 Å². The lowest BCUT2D eigenvalue weighted by molar-refractivity contribution is 0.834. The Kier molecular flexibility index (Phi) is 5.58. The molecule has 130 valence electrons. The molecular weight excluding hydrogens is 292 g/mol. The molecule has 2 aromatic rings. The lowest BCUT2D eigenvalue weighted by atomic mass is 9.88. The van der Waals surface area contributed by atoms with E-state index in [1.807, 2.05) is 6.07 Å². The Labute approximate surface area is 147 Å². The van der Waals surface area contributed by atoms with Gasteiger partial charge in [0.1, 0.15) is 0 Å². The molecule has 0 spiro atoms. The zero-order valence-corrected chi connectivity index (χ0v) is 16.0. The highest BCUT2D eigenvalue weighted by molar-refractivity contribution is 5.59. The highest BCUT2D eigenvalue weighted by Crippen LogP contribution is 2.32. The van der Waals surface area contributed by atoms with Crippen molar-refractivity contribution >= 4 is 11.4 Å². The van der Waals surface area contributed by atoms with Crippen molar-refractivity contribution in [3.8, 4) is 0 Å². The average Bonchev–Trinajstić information content (AvgIpc) is 2.49. The minimum atomic E-state index is 0.431. The van der Waals surface area contributed by atoms with Gasteiger partial charge in [-0.1, -0.05) is 65.8 Å². The number of hydrogen-bond donors (Lipinski definition) is 2. The van der Waals surface area contributed by atoms with Crippen LogP contribution in [0, 0.1) is 0 Å². The van der Waals surface area contributed by atoms with Gasteiger partial charge in [0.15, 0.2) is 0 Å². The molecule has 0 unspecified atom stereocenters. The van der Waals surface area contributed by atoms with Crippen LogP contribution in [0.15, 0.2) is 30.3 Å². The van der Waals surface area contributed by atoms with Gasteiger partial charge in [-0.2, -0.15) is 0 Å². The van der Waals surface area contributed by atoms with Crippen molar-refractivity contribution in [3.63, 3.8) is 0 Å². The maximum atomic E-state index is 6.41. The predicted molar refractivity (Wildman–Crippen MR) is 107 cm³/mol. The fourth-order valence-electron chi connectivity index (χ4n) is 3.29. The van der Waals surface area contributed by atoms with E-state index in [2.05, 4.69) is 65.8 Å². The first-order chi connectivity index (χ1) is 11.2. The van der Waals surface area contributed by atoms with Crippen molar-refractivity contribution in [2.24, 2.45) is 0 Å². The first-order valence-corrected chi connectivity index (χ1v) is 9.01. The third-order valence-corrected chi connectivity index (χ3v) is 4.73. The van der Waals surface area contributed by atoms with E-state index in [0.29, 0.717) is 17.8 Å². The SMILES string of the molecule is CC(C)c1cc(Cc2cc(C(C)C)c(N)c(C(C)C)c2)ccc1N. The highest BCUT2D eigenvalue weighted by atomic mass is 14.6. The van der Waals surface area contributed by atoms with Crippen molar-refractivity contribution < 1.29 is 0 Å². The van der Waals surface area contributed by atoms with Gasteiger partial charge in [0.2, 0.25) is 0 Å². The van der Waals surface area contributed by atoms with Crippen molar-refractivity contribution in [3.05, 3.63) is 58.1 Å². The van der Waals surface area contributed by atoms with Gasteiger partial charge in [-0.15, -0.1) is 0 Å².